The molecule has 35 heavy (non-hydrogen) atoms. The summed E-state index contributed by atoms with van der Waals surface area (Å²) >= 11 is 0. The van der Waals surface area contributed by atoms with Crippen LogP contribution in [0.25, 0.3) is 10.9 Å². The standard InChI is InChI=1S/C30H38N2O3/c1-7-31-18-20(19-10-8-9-11-21(19)31)26-27-22(14-29(2,3)16-24(27)33)32(12-13-35-6)23-15-30(4,5)17-25(34)28(23)26/h8-11,18,26H,7,12-17H2,1-6H3. The van der Waals surface area contributed by atoms with Crippen molar-refractivity contribution in [2.75, 3.05) is 20.3 Å². The number of methoxy groups -OCH3 is 1. The average molecular weight is 475 g/mol. The Labute approximate surface area is 208 Å². The minimum atomic E-state index is -0.302. The lowest BCUT2D eigenvalue weighted by Crippen LogP contribution is -2.45. The van der Waals surface area contributed by atoms with Gasteiger partial charge in [-0.15, -0.1) is 0 Å². The third kappa shape index (κ3) is 3.98. The van der Waals surface area contributed by atoms with Crippen molar-refractivity contribution in [3.05, 3.63) is 58.6 Å². The topological polar surface area (TPSA) is 51.5 Å². The molecule has 1 aromatic heterocycles. The summed E-state index contributed by atoms with van der Waals surface area (Å²) in [7, 11) is 1.71. The highest BCUT2D eigenvalue weighted by Gasteiger charge is 2.49. The van der Waals surface area contributed by atoms with Gasteiger partial charge in [0.05, 0.1) is 6.61 Å². The number of para-hydroxylation sites is 1. The van der Waals surface area contributed by atoms with Gasteiger partial charge in [-0.25, -0.2) is 0 Å². The first-order valence-electron chi connectivity index (χ1n) is 12.9. The fourth-order valence-electron chi connectivity index (χ4n) is 6.58. The highest BCUT2D eigenvalue weighted by atomic mass is 16.5. The van der Waals surface area contributed by atoms with Gasteiger partial charge in [0, 0.05) is 78.6 Å². The van der Waals surface area contributed by atoms with Crippen molar-refractivity contribution in [2.24, 2.45) is 10.8 Å². The van der Waals surface area contributed by atoms with Crippen molar-refractivity contribution in [1.82, 2.24) is 9.47 Å². The molecule has 0 saturated carbocycles. The molecule has 5 rings (SSSR count). The molecule has 0 bridgehead atoms. The first kappa shape index (κ1) is 24.1. The largest absolute Gasteiger partial charge is 0.383 e. The second-order valence-corrected chi connectivity index (χ2v) is 12.1. The van der Waals surface area contributed by atoms with Crippen LogP contribution < -0.4 is 0 Å². The first-order valence-corrected chi connectivity index (χ1v) is 12.9. The molecular formula is C30H38N2O3. The number of nitrogens with zero attached hydrogens (tertiary/aromatic N) is 2. The fraction of sp³-hybridized carbons (Fsp3) is 0.533. The normalized spacial score (nSPS) is 22.2. The Hall–Kier alpha value is -2.66. The van der Waals surface area contributed by atoms with Crippen LogP contribution in [0.4, 0.5) is 0 Å². The molecule has 5 nitrogen and oxygen atoms in total. The van der Waals surface area contributed by atoms with Crippen molar-refractivity contribution in [3.8, 4) is 0 Å². The van der Waals surface area contributed by atoms with E-state index in [4.69, 9.17) is 4.74 Å². The lowest BCUT2D eigenvalue weighted by atomic mass is 9.63. The van der Waals surface area contributed by atoms with Gasteiger partial charge in [0.25, 0.3) is 0 Å². The van der Waals surface area contributed by atoms with Gasteiger partial charge in [0.1, 0.15) is 0 Å². The maximum absolute atomic E-state index is 13.9. The van der Waals surface area contributed by atoms with E-state index in [2.05, 4.69) is 74.5 Å². The number of hydrogen-bond donors (Lipinski definition) is 0. The minimum absolute atomic E-state index is 0.116. The molecule has 0 unspecified atom stereocenters. The fourth-order valence-corrected chi connectivity index (χ4v) is 6.58. The first-order chi connectivity index (χ1) is 16.6. The van der Waals surface area contributed by atoms with E-state index in [1.165, 1.54) is 0 Å². The van der Waals surface area contributed by atoms with Crippen LogP contribution in [0, 0.1) is 10.8 Å². The summed E-state index contributed by atoms with van der Waals surface area (Å²) in [5, 5.41) is 1.14. The zero-order valence-corrected chi connectivity index (χ0v) is 22.0. The number of aromatic nitrogens is 1. The number of benzene rings is 1. The SMILES string of the molecule is CCn1cc(C2C3=C(CC(C)(C)CC3=O)N(CCOC)C3=C2C(=O)CC(C)(C)C3)c2ccccc21. The number of hydrogen-bond acceptors (Lipinski definition) is 4. The summed E-state index contributed by atoms with van der Waals surface area (Å²) in [6, 6.07) is 8.40. The third-order valence-electron chi connectivity index (χ3n) is 8.01. The van der Waals surface area contributed by atoms with Crippen LogP contribution in [0.2, 0.25) is 0 Å². The van der Waals surface area contributed by atoms with Crippen LogP contribution in [-0.2, 0) is 20.9 Å². The van der Waals surface area contributed by atoms with Gasteiger partial charge >= 0.3 is 0 Å². The molecule has 186 valence electrons. The number of rotatable bonds is 5. The van der Waals surface area contributed by atoms with E-state index in [1.807, 2.05) is 0 Å². The second-order valence-electron chi connectivity index (χ2n) is 12.1. The molecular weight excluding hydrogens is 436 g/mol. The molecule has 0 saturated heterocycles. The van der Waals surface area contributed by atoms with Gasteiger partial charge in [0.2, 0.25) is 0 Å². The van der Waals surface area contributed by atoms with Crippen molar-refractivity contribution >= 4 is 22.5 Å². The molecule has 0 amide bonds. The lowest BCUT2D eigenvalue weighted by molar-refractivity contribution is -0.119. The number of fused-ring (bicyclic) bond motifs is 1. The maximum atomic E-state index is 13.9. The second kappa shape index (κ2) is 8.48. The van der Waals surface area contributed by atoms with Crippen LogP contribution in [-0.4, -0.2) is 41.3 Å². The zero-order valence-electron chi connectivity index (χ0n) is 22.0. The number of aryl methyl sites for hydroxylation is 1. The molecule has 2 aliphatic carbocycles. The molecule has 0 N–H and O–H groups in total. The average Bonchev–Trinajstić information content (AvgIpc) is 3.14. The van der Waals surface area contributed by atoms with Crippen LogP contribution in [0.3, 0.4) is 0 Å². The van der Waals surface area contributed by atoms with Crippen LogP contribution in [0.1, 0.15) is 71.8 Å². The summed E-state index contributed by atoms with van der Waals surface area (Å²) in [5.74, 6) is 0.0612. The Morgan fingerprint density at radius 2 is 1.49 bits per heavy atom. The van der Waals surface area contributed by atoms with Crippen molar-refractivity contribution < 1.29 is 14.3 Å². The molecule has 0 spiro atoms. The predicted molar refractivity (Wildman–Crippen MR) is 139 cm³/mol. The zero-order chi connectivity index (χ0) is 25.1. The Kier molecular flexibility index (Phi) is 5.83. The molecule has 0 atom stereocenters. The maximum Gasteiger partial charge on any atom is 0.162 e. The number of carbonyl (C=O) groups excluding carboxylic acids is 2. The summed E-state index contributed by atoms with van der Waals surface area (Å²) in [6.07, 6.45) is 4.86. The molecule has 1 aliphatic heterocycles. The van der Waals surface area contributed by atoms with Crippen LogP contribution in [0.5, 0.6) is 0 Å². The smallest absolute Gasteiger partial charge is 0.162 e. The van der Waals surface area contributed by atoms with Gasteiger partial charge in [-0.3, -0.25) is 9.59 Å². The molecule has 0 fully saturated rings. The monoisotopic (exact) mass is 474 g/mol. The number of carbonyl (C=O) groups is 2. The van der Waals surface area contributed by atoms with Crippen LogP contribution in [0.15, 0.2) is 53.0 Å². The van der Waals surface area contributed by atoms with Crippen LogP contribution >= 0.6 is 0 Å². The Bertz CT molecular complexity index is 1220. The Morgan fingerprint density at radius 3 is 2.03 bits per heavy atom. The van der Waals surface area contributed by atoms with Gasteiger partial charge in [-0.2, -0.15) is 0 Å². The Morgan fingerprint density at radius 1 is 0.914 bits per heavy atom. The van der Waals surface area contributed by atoms with Crippen molar-refractivity contribution in [1.29, 1.82) is 0 Å². The van der Waals surface area contributed by atoms with E-state index in [0.29, 0.717) is 26.0 Å². The summed E-state index contributed by atoms with van der Waals surface area (Å²) in [6.45, 7) is 12.9. The van der Waals surface area contributed by atoms with Crippen molar-refractivity contribution in [3.63, 3.8) is 0 Å². The molecule has 3 aliphatic rings. The molecule has 2 aromatic rings. The van der Waals surface area contributed by atoms with E-state index >= 15 is 0 Å². The number of ether oxygens (including phenoxy) is 1. The summed E-state index contributed by atoms with van der Waals surface area (Å²) in [4.78, 5) is 30.1. The summed E-state index contributed by atoms with van der Waals surface area (Å²) < 4.78 is 7.74. The van der Waals surface area contributed by atoms with E-state index in [0.717, 1.165) is 58.4 Å². The van der Waals surface area contributed by atoms with E-state index < -0.39 is 0 Å². The Balaban J connectivity index is 1.82. The predicted octanol–water partition coefficient (Wildman–Crippen LogP) is 5.99. The summed E-state index contributed by atoms with van der Waals surface area (Å²) in [5.41, 5.74) is 5.90. The molecule has 5 heteroatoms. The van der Waals surface area contributed by atoms with Crippen molar-refractivity contribution in [2.45, 2.75) is 72.8 Å². The minimum Gasteiger partial charge on any atom is -0.383 e. The highest BCUT2D eigenvalue weighted by molar-refractivity contribution is 6.08. The highest BCUT2D eigenvalue weighted by Crippen LogP contribution is 2.55. The number of ketones is 2. The third-order valence-corrected chi connectivity index (χ3v) is 8.01. The van der Waals surface area contributed by atoms with E-state index in [-0.39, 0.29) is 28.3 Å². The molecule has 2 heterocycles. The van der Waals surface area contributed by atoms with Gasteiger partial charge in [-0.05, 0) is 42.2 Å². The molecule has 0 radical (unpaired) electrons. The van der Waals surface area contributed by atoms with E-state index in [9.17, 15) is 9.59 Å². The van der Waals surface area contributed by atoms with Gasteiger partial charge < -0.3 is 14.2 Å². The number of allylic oxidation sites excluding steroid dienone is 4. The quantitative estimate of drug-likeness (QED) is 0.534. The molecule has 1 aromatic carbocycles. The number of Topliss-reactive ketones (excluding diaryl/α,β-unsaturated/α-hetero) is 2. The lowest BCUT2D eigenvalue weighted by Gasteiger charge is -2.49. The van der Waals surface area contributed by atoms with Gasteiger partial charge in [-0.1, -0.05) is 45.9 Å². The van der Waals surface area contributed by atoms with E-state index in [1.54, 1.807) is 7.11 Å². The van der Waals surface area contributed by atoms with Gasteiger partial charge in [0.15, 0.2) is 11.6 Å².